The van der Waals surface area contributed by atoms with Crippen LogP contribution in [0.4, 0.5) is 0 Å². The Kier molecular flexibility index (Phi) is 7.53. The van der Waals surface area contributed by atoms with E-state index in [1.54, 1.807) is 0 Å². The van der Waals surface area contributed by atoms with Crippen LogP contribution >= 0.6 is 0 Å². The van der Waals surface area contributed by atoms with Crippen molar-refractivity contribution >= 4 is 0 Å². The summed E-state index contributed by atoms with van der Waals surface area (Å²) in [5.74, 6) is 0. The lowest BCUT2D eigenvalue weighted by molar-refractivity contribution is -0.356. The molecule has 0 aromatic carbocycles. The van der Waals surface area contributed by atoms with E-state index < -0.39 is 30.7 Å². The van der Waals surface area contributed by atoms with Gasteiger partial charge in [-0.25, -0.2) is 0 Å². The Labute approximate surface area is 132 Å². The third kappa shape index (κ3) is 4.63. The zero-order valence-electron chi connectivity index (χ0n) is 13.6. The first-order valence-corrected chi connectivity index (χ1v) is 8.48. The molecule has 2 heterocycles. The summed E-state index contributed by atoms with van der Waals surface area (Å²) in [5.41, 5.74) is 0. The van der Waals surface area contributed by atoms with E-state index >= 15 is 0 Å². The minimum atomic E-state index is -1.10. The van der Waals surface area contributed by atoms with Crippen molar-refractivity contribution in [2.45, 2.75) is 88.9 Å². The molecule has 130 valence electrons. The summed E-state index contributed by atoms with van der Waals surface area (Å²) < 4.78 is 22.0. The molecule has 1 unspecified atom stereocenters. The Morgan fingerprint density at radius 2 is 1.73 bits per heavy atom. The van der Waals surface area contributed by atoms with Gasteiger partial charge in [0.1, 0.15) is 24.4 Å². The van der Waals surface area contributed by atoms with Crippen LogP contribution in [-0.4, -0.2) is 60.9 Å². The van der Waals surface area contributed by atoms with Crippen LogP contribution in [-0.2, 0) is 18.9 Å². The summed E-state index contributed by atoms with van der Waals surface area (Å²) in [7, 11) is 1.44. The molecule has 2 N–H and O–H groups in total. The highest BCUT2D eigenvalue weighted by molar-refractivity contribution is 4.92. The molecule has 2 saturated heterocycles. The van der Waals surface area contributed by atoms with Gasteiger partial charge in [0, 0.05) is 7.11 Å². The second-order valence-corrected chi connectivity index (χ2v) is 6.18. The normalized spacial score (nSPS) is 38.7. The molecule has 0 bridgehead atoms. The molecule has 0 spiro atoms. The Morgan fingerprint density at radius 3 is 2.45 bits per heavy atom. The lowest BCUT2D eigenvalue weighted by Crippen LogP contribution is -2.63. The molecule has 2 aliphatic rings. The molecule has 0 aliphatic carbocycles. The average molecular weight is 318 g/mol. The predicted molar refractivity (Wildman–Crippen MR) is 80.3 cm³/mol. The van der Waals surface area contributed by atoms with Crippen molar-refractivity contribution in [1.82, 2.24) is 0 Å². The van der Waals surface area contributed by atoms with E-state index in [-0.39, 0.29) is 6.29 Å². The molecule has 0 saturated carbocycles. The van der Waals surface area contributed by atoms with E-state index in [4.69, 9.17) is 18.9 Å². The Morgan fingerprint density at radius 1 is 1.00 bits per heavy atom. The van der Waals surface area contributed by atoms with Gasteiger partial charge in [-0.2, -0.15) is 0 Å². The summed E-state index contributed by atoms with van der Waals surface area (Å²) in [4.78, 5) is 0. The van der Waals surface area contributed by atoms with Crippen molar-refractivity contribution < 1.29 is 29.2 Å². The largest absolute Gasteiger partial charge is 0.387 e. The molecule has 0 aromatic heterocycles. The lowest BCUT2D eigenvalue weighted by atomic mass is 9.98. The van der Waals surface area contributed by atoms with Crippen LogP contribution in [0.5, 0.6) is 0 Å². The van der Waals surface area contributed by atoms with E-state index in [0.29, 0.717) is 6.61 Å². The van der Waals surface area contributed by atoms with Crippen molar-refractivity contribution in [3.8, 4) is 0 Å². The fourth-order valence-corrected chi connectivity index (χ4v) is 3.06. The van der Waals surface area contributed by atoms with E-state index in [1.165, 1.54) is 39.2 Å². The molecular formula is C16H30O6. The number of aliphatic hydroxyl groups excluding tert-OH is 2. The second-order valence-electron chi connectivity index (χ2n) is 6.18. The van der Waals surface area contributed by atoms with E-state index in [1.807, 2.05) is 0 Å². The monoisotopic (exact) mass is 318 g/mol. The summed E-state index contributed by atoms with van der Waals surface area (Å²) in [6.45, 7) is 2.56. The summed E-state index contributed by atoms with van der Waals surface area (Å²) >= 11 is 0. The molecule has 6 heteroatoms. The van der Waals surface area contributed by atoms with Crippen molar-refractivity contribution in [2.24, 2.45) is 0 Å². The van der Waals surface area contributed by atoms with Crippen molar-refractivity contribution in [2.75, 3.05) is 13.7 Å². The van der Waals surface area contributed by atoms with Crippen molar-refractivity contribution in [3.05, 3.63) is 0 Å². The number of rotatable bonds is 8. The third-order valence-electron chi connectivity index (χ3n) is 4.42. The van der Waals surface area contributed by atoms with Gasteiger partial charge in [-0.3, -0.25) is 0 Å². The Bertz CT molecular complexity index is 311. The molecule has 6 atom stereocenters. The molecule has 0 amide bonds. The number of hydrogen-bond donors (Lipinski definition) is 2. The molecular weight excluding hydrogens is 288 g/mol. The maximum Gasteiger partial charge on any atom is 0.186 e. The zero-order valence-corrected chi connectivity index (χ0v) is 13.6. The van der Waals surface area contributed by atoms with E-state index in [9.17, 15) is 10.2 Å². The fourth-order valence-electron chi connectivity index (χ4n) is 3.06. The molecule has 22 heavy (non-hydrogen) atoms. The average Bonchev–Trinajstić information content (AvgIpc) is 2.54. The highest BCUT2D eigenvalue weighted by Gasteiger charge is 2.48. The topological polar surface area (TPSA) is 77.4 Å². The van der Waals surface area contributed by atoms with Crippen LogP contribution in [0.3, 0.4) is 0 Å². The van der Waals surface area contributed by atoms with Crippen LogP contribution in [0.25, 0.3) is 0 Å². The Balaban J connectivity index is 1.71. The number of methoxy groups -OCH3 is 1. The van der Waals surface area contributed by atoms with Crippen LogP contribution in [0.2, 0.25) is 0 Å². The molecule has 2 rings (SSSR count). The summed E-state index contributed by atoms with van der Waals surface area (Å²) in [6, 6.07) is 0. The van der Waals surface area contributed by atoms with Gasteiger partial charge in [-0.1, -0.05) is 39.0 Å². The fraction of sp³-hybridized carbons (Fsp3) is 1.00. The van der Waals surface area contributed by atoms with Gasteiger partial charge in [-0.15, -0.1) is 0 Å². The van der Waals surface area contributed by atoms with E-state index in [0.717, 1.165) is 12.8 Å². The zero-order chi connectivity index (χ0) is 15.9. The van der Waals surface area contributed by atoms with Gasteiger partial charge < -0.3 is 29.2 Å². The highest BCUT2D eigenvalue weighted by Crippen LogP contribution is 2.30. The first-order valence-electron chi connectivity index (χ1n) is 8.48. The number of fused-ring (bicyclic) bond motifs is 1. The van der Waals surface area contributed by atoms with Crippen molar-refractivity contribution in [3.63, 3.8) is 0 Å². The van der Waals surface area contributed by atoms with Crippen molar-refractivity contribution in [1.29, 1.82) is 0 Å². The quantitative estimate of drug-likeness (QED) is 0.662. The summed E-state index contributed by atoms with van der Waals surface area (Å²) in [6.07, 6.45) is 3.88. The van der Waals surface area contributed by atoms with Gasteiger partial charge in [0.25, 0.3) is 0 Å². The lowest BCUT2D eigenvalue weighted by Gasteiger charge is -2.45. The summed E-state index contributed by atoms with van der Waals surface area (Å²) in [5, 5.41) is 20.1. The van der Waals surface area contributed by atoms with Gasteiger partial charge in [0.2, 0.25) is 0 Å². The number of hydrogen-bond acceptors (Lipinski definition) is 6. The molecule has 2 aliphatic heterocycles. The molecule has 0 aromatic rings. The van der Waals surface area contributed by atoms with Crippen LogP contribution in [0.1, 0.15) is 51.9 Å². The number of unbranched alkanes of at least 4 members (excludes halogenated alkanes) is 5. The van der Waals surface area contributed by atoms with Gasteiger partial charge in [0.05, 0.1) is 6.61 Å². The smallest absolute Gasteiger partial charge is 0.186 e. The first kappa shape index (κ1) is 18.1. The van der Waals surface area contributed by atoms with Gasteiger partial charge in [-0.05, 0) is 12.8 Å². The number of aliphatic hydroxyl groups is 2. The SMILES string of the molecule is CCCCCCCCC1OC[C@H]2O[C@@H](OC)[C@H](O)[C@@H](O)[C@H]2O1. The first-order chi connectivity index (χ1) is 10.7. The maximum absolute atomic E-state index is 10.2. The minimum absolute atomic E-state index is 0.322. The second kappa shape index (κ2) is 9.15. The van der Waals surface area contributed by atoms with Crippen LogP contribution in [0, 0.1) is 0 Å². The standard InChI is InChI=1S/C16H30O6/c1-3-4-5-6-7-8-9-12-20-10-11-15(22-12)13(17)14(18)16(19-2)21-11/h11-18H,3-10H2,1-2H3/t11-,12?,13-,14-,15+,16-/m1/s1. The molecule has 2 fully saturated rings. The minimum Gasteiger partial charge on any atom is -0.387 e. The van der Waals surface area contributed by atoms with E-state index in [2.05, 4.69) is 6.92 Å². The maximum atomic E-state index is 10.2. The highest BCUT2D eigenvalue weighted by atomic mass is 16.7. The van der Waals surface area contributed by atoms with Gasteiger partial charge in [0.15, 0.2) is 12.6 Å². The Hall–Kier alpha value is -0.240. The molecule has 6 nitrogen and oxygen atoms in total. The number of ether oxygens (including phenoxy) is 4. The predicted octanol–water partition coefficient (Wildman–Crippen LogP) is 1.57. The van der Waals surface area contributed by atoms with Gasteiger partial charge >= 0.3 is 0 Å². The third-order valence-corrected chi connectivity index (χ3v) is 4.42. The molecule has 0 radical (unpaired) electrons. The van der Waals surface area contributed by atoms with Crippen LogP contribution < -0.4 is 0 Å². The van der Waals surface area contributed by atoms with Crippen LogP contribution in [0.15, 0.2) is 0 Å².